The van der Waals surface area contributed by atoms with Crippen molar-refractivity contribution in [1.82, 2.24) is 5.32 Å². The van der Waals surface area contributed by atoms with Crippen molar-refractivity contribution in [3.63, 3.8) is 0 Å². The molecule has 0 aliphatic heterocycles. The lowest BCUT2D eigenvalue weighted by atomic mass is 10.2. The average Bonchev–Trinajstić information content (AvgIpc) is 2.60. The second-order valence-corrected chi connectivity index (χ2v) is 5.24. The highest BCUT2D eigenvalue weighted by molar-refractivity contribution is 5.73. The molecule has 0 fully saturated rings. The molecule has 0 spiro atoms. The van der Waals surface area contributed by atoms with E-state index in [2.05, 4.69) is 16.0 Å². The van der Waals surface area contributed by atoms with Gasteiger partial charge < -0.3 is 25.4 Å². The van der Waals surface area contributed by atoms with Crippen LogP contribution in [0.4, 0.5) is 11.4 Å². The number of carbonyl (C=O) groups excluding carboxylic acids is 1. The van der Waals surface area contributed by atoms with Crippen LogP contribution in [0.15, 0.2) is 48.5 Å². The van der Waals surface area contributed by atoms with Gasteiger partial charge in [0.25, 0.3) is 0 Å². The maximum Gasteiger partial charge on any atom is 0.217 e. The maximum atomic E-state index is 11.2. The largest absolute Gasteiger partial charge is 0.497 e. The van der Waals surface area contributed by atoms with Crippen LogP contribution >= 0.6 is 0 Å². The second kappa shape index (κ2) is 8.67. The van der Waals surface area contributed by atoms with E-state index < -0.39 is 0 Å². The van der Waals surface area contributed by atoms with Crippen molar-refractivity contribution in [3.05, 3.63) is 48.5 Å². The number of ether oxygens (including phenoxy) is 2. The molecule has 0 aromatic heterocycles. The molecule has 24 heavy (non-hydrogen) atoms. The number of methoxy groups -OCH3 is 2. The summed E-state index contributed by atoms with van der Waals surface area (Å²) in [6.07, 6.45) is -0.201. The SMILES string of the molecule is COc1cccc(NC(CNC(C)=O)Nc2cccc(OC)c2)c1. The molecular formula is C18H23N3O3. The number of nitrogens with one attached hydrogen (secondary N) is 3. The van der Waals surface area contributed by atoms with E-state index in [4.69, 9.17) is 9.47 Å². The Labute approximate surface area is 142 Å². The highest BCUT2D eigenvalue weighted by Crippen LogP contribution is 2.20. The minimum atomic E-state index is -0.201. The van der Waals surface area contributed by atoms with Crippen molar-refractivity contribution in [1.29, 1.82) is 0 Å². The Morgan fingerprint density at radius 1 is 0.958 bits per heavy atom. The van der Waals surface area contributed by atoms with Gasteiger partial charge in [-0.2, -0.15) is 0 Å². The summed E-state index contributed by atoms with van der Waals surface area (Å²) in [5.41, 5.74) is 1.78. The normalized spacial score (nSPS) is 10.2. The zero-order valence-corrected chi connectivity index (χ0v) is 14.1. The number of anilines is 2. The van der Waals surface area contributed by atoms with Crippen LogP contribution in [-0.4, -0.2) is 32.8 Å². The van der Waals surface area contributed by atoms with Crippen molar-refractivity contribution in [3.8, 4) is 11.5 Å². The molecule has 0 saturated heterocycles. The number of rotatable bonds is 8. The Kier molecular flexibility index (Phi) is 6.31. The Morgan fingerprint density at radius 2 is 1.46 bits per heavy atom. The molecule has 3 N–H and O–H groups in total. The van der Waals surface area contributed by atoms with Gasteiger partial charge in [-0.1, -0.05) is 12.1 Å². The lowest BCUT2D eigenvalue weighted by Crippen LogP contribution is -2.40. The summed E-state index contributed by atoms with van der Waals surface area (Å²) in [5.74, 6) is 1.44. The Morgan fingerprint density at radius 3 is 1.88 bits per heavy atom. The summed E-state index contributed by atoms with van der Waals surface area (Å²) < 4.78 is 10.5. The minimum absolute atomic E-state index is 0.0834. The van der Waals surface area contributed by atoms with Gasteiger partial charge in [-0.25, -0.2) is 0 Å². The van der Waals surface area contributed by atoms with Crippen molar-refractivity contribution < 1.29 is 14.3 Å². The summed E-state index contributed by atoms with van der Waals surface area (Å²) in [5, 5.41) is 9.51. The molecule has 2 aromatic rings. The van der Waals surface area contributed by atoms with Gasteiger partial charge in [0.15, 0.2) is 0 Å². The molecule has 0 aliphatic carbocycles. The summed E-state index contributed by atoms with van der Waals surface area (Å²) in [6.45, 7) is 1.91. The van der Waals surface area contributed by atoms with Crippen molar-refractivity contribution in [2.24, 2.45) is 0 Å². The zero-order valence-electron chi connectivity index (χ0n) is 14.1. The van der Waals surface area contributed by atoms with Gasteiger partial charge in [0.1, 0.15) is 17.7 Å². The first-order chi connectivity index (χ1) is 11.6. The highest BCUT2D eigenvalue weighted by atomic mass is 16.5. The van der Waals surface area contributed by atoms with E-state index in [1.54, 1.807) is 14.2 Å². The molecule has 128 valence electrons. The summed E-state index contributed by atoms with van der Waals surface area (Å²) in [4.78, 5) is 11.2. The van der Waals surface area contributed by atoms with E-state index in [-0.39, 0.29) is 12.1 Å². The fraction of sp³-hybridized carbons (Fsp3) is 0.278. The second-order valence-electron chi connectivity index (χ2n) is 5.24. The van der Waals surface area contributed by atoms with Crippen molar-refractivity contribution in [2.45, 2.75) is 13.1 Å². The predicted octanol–water partition coefficient (Wildman–Crippen LogP) is 2.69. The first-order valence-corrected chi connectivity index (χ1v) is 7.66. The van der Waals surface area contributed by atoms with Gasteiger partial charge in [-0.05, 0) is 24.3 Å². The van der Waals surface area contributed by atoms with Gasteiger partial charge in [0.05, 0.1) is 20.8 Å². The molecule has 0 saturated carbocycles. The summed E-state index contributed by atoms with van der Waals surface area (Å²) >= 11 is 0. The molecule has 6 heteroatoms. The average molecular weight is 329 g/mol. The fourth-order valence-corrected chi connectivity index (χ4v) is 2.21. The Balaban J connectivity index is 2.12. The molecular weight excluding hydrogens is 306 g/mol. The number of hydrogen-bond donors (Lipinski definition) is 3. The third-order valence-corrected chi connectivity index (χ3v) is 3.38. The molecule has 0 unspecified atom stereocenters. The lowest BCUT2D eigenvalue weighted by molar-refractivity contribution is -0.118. The van der Waals surface area contributed by atoms with Crippen LogP contribution in [-0.2, 0) is 4.79 Å². The van der Waals surface area contributed by atoms with E-state index >= 15 is 0 Å². The topological polar surface area (TPSA) is 71.6 Å². The quantitative estimate of drug-likeness (QED) is 0.650. The molecule has 0 atom stereocenters. The van der Waals surface area contributed by atoms with Gasteiger partial charge >= 0.3 is 0 Å². The minimum Gasteiger partial charge on any atom is -0.497 e. The molecule has 6 nitrogen and oxygen atoms in total. The van der Waals surface area contributed by atoms with Crippen LogP contribution in [0.2, 0.25) is 0 Å². The van der Waals surface area contributed by atoms with E-state index in [0.29, 0.717) is 6.54 Å². The van der Waals surface area contributed by atoms with E-state index in [1.807, 2.05) is 48.5 Å². The maximum absolute atomic E-state index is 11.2. The predicted molar refractivity (Wildman–Crippen MR) is 95.7 cm³/mol. The monoisotopic (exact) mass is 329 g/mol. The number of hydrogen-bond acceptors (Lipinski definition) is 5. The first kappa shape index (κ1) is 17.5. The van der Waals surface area contributed by atoms with Crippen LogP contribution < -0.4 is 25.4 Å². The van der Waals surface area contributed by atoms with E-state index in [0.717, 1.165) is 22.9 Å². The first-order valence-electron chi connectivity index (χ1n) is 7.66. The van der Waals surface area contributed by atoms with Crippen LogP contribution in [0.1, 0.15) is 6.92 Å². The van der Waals surface area contributed by atoms with E-state index in [1.165, 1.54) is 6.92 Å². The molecule has 0 heterocycles. The highest BCUT2D eigenvalue weighted by Gasteiger charge is 2.10. The smallest absolute Gasteiger partial charge is 0.217 e. The molecule has 0 aliphatic rings. The molecule has 0 bridgehead atoms. The summed E-state index contributed by atoms with van der Waals surface area (Å²) in [7, 11) is 3.25. The van der Waals surface area contributed by atoms with Gasteiger partial charge in [0.2, 0.25) is 5.91 Å². The number of amides is 1. The van der Waals surface area contributed by atoms with E-state index in [9.17, 15) is 4.79 Å². The Hall–Kier alpha value is -2.89. The lowest BCUT2D eigenvalue weighted by Gasteiger charge is -2.23. The van der Waals surface area contributed by atoms with Gasteiger partial charge in [-0.15, -0.1) is 0 Å². The van der Waals surface area contributed by atoms with Crippen LogP contribution in [0.3, 0.4) is 0 Å². The summed E-state index contributed by atoms with van der Waals surface area (Å²) in [6, 6.07) is 15.2. The van der Waals surface area contributed by atoms with Crippen molar-refractivity contribution in [2.75, 3.05) is 31.4 Å². The van der Waals surface area contributed by atoms with Crippen molar-refractivity contribution >= 4 is 17.3 Å². The van der Waals surface area contributed by atoms with Crippen LogP contribution in [0, 0.1) is 0 Å². The third kappa shape index (κ3) is 5.39. The van der Waals surface area contributed by atoms with Gasteiger partial charge in [0, 0.05) is 30.4 Å². The third-order valence-electron chi connectivity index (χ3n) is 3.38. The zero-order chi connectivity index (χ0) is 17.4. The molecule has 0 radical (unpaired) electrons. The molecule has 2 aromatic carbocycles. The van der Waals surface area contributed by atoms with Crippen LogP contribution in [0.25, 0.3) is 0 Å². The van der Waals surface area contributed by atoms with Crippen LogP contribution in [0.5, 0.6) is 11.5 Å². The standard InChI is InChI=1S/C18H23N3O3/c1-13(22)19-12-18(20-14-6-4-8-16(10-14)23-2)21-15-7-5-9-17(11-15)24-3/h4-11,18,20-21H,12H2,1-3H3,(H,19,22). The Bertz CT molecular complexity index is 627. The number of benzene rings is 2. The number of carbonyl (C=O) groups is 1. The molecule has 1 amide bonds. The van der Waals surface area contributed by atoms with Gasteiger partial charge in [-0.3, -0.25) is 4.79 Å². The fourth-order valence-electron chi connectivity index (χ4n) is 2.21. The molecule has 2 rings (SSSR count).